The number of aliphatic hydroxyl groups is 1. The third kappa shape index (κ3) is 20.7. The average molecular weight is 937 g/mol. The number of carboxylic acid groups (broad SMARTS) is 1. The molecular weight excluding hydrogens is 869 g/mol. The van der Waals surface area contributed by atoms with E-state index in [9.17, 15) is 58.2 Å². The molecule has 1 rings (SSSR count). The molecule has 0 spiro atoms. The van der Waals surface area contributed by atoms with Gasteiger partial charge < -0.3 is 64.2 Å². The Balaban J connectivity index is 3.22. The Bertz CT molecular complexity index is 1820. The van der Waals surface area contributed by atoms with E-state index in [1.807, 2.05) is 13.8 Å². The molecule has 22 nitrogen and oxygen atoms in total. The second-order valence-corrected chi connectivity index (χ2v) is 17.3. The van der Waals surface area contributed by atoms with E-state index in [1.54, 1.807) is 58.0 Å². The van der Waals surface area contributed by atoms with Crippen molar-refractivity contribution in [1.29, 1.82) is 0 Å². The van der Waals surface area contributed by atoms with Crippen LogP contribution in [0.15, 0.2) is 30.3 Å². The zero-order valence-corrected chi connectivity index (χ0v) is 39.0. The number of nitrogens with two attached hydrogens (primary N) is 2. The van der Waals surface area contributed by atoms with Gasteiger partial charge in [0.2, 0.25) is 53.2 Å². The van der Waals surface area contributed by atoms with Crippen molar-refractivity contribution >= 4 is 71.8 Å². The number of aliphatic carboxylic acids is 1. The van der Waals surface area contributed by atoms with Crippen molar-refractivity contribution in [2.24, 2.45) is 29.2 Å². The number of rotatable bonds is 28. The molecule has 0 aliphatic rings. The van der Waals surface area contributed by atoms with E-state index in [0.717, 1.165) is 0 Å². The summed E-state index contributed by atoms with van der Waals surface area (Å²) in [7, 11) is 0. The molecule has 9 amide bonds. The molecule has 1 aromatic carbocycles. The summed E-state index contributed by atoms with van der Waals surface area (Å²) in [5.74, 6) is -10.0. The first-order valence-electron chi connectivity index (χ1n) is 21.3. The lowest BCUT2D eigenvalue weighted by Crippen LogP contribution is -2.61. The standard InChI is InChI=1S/C42H68N10O12S/c1-20(2)14-26(49-41(62)33(44)22(5)6)36(57)45-23(7)34(55)47-28(17-32(43)54)38(59)48-27(16-25-12-10-9-11-13-25)37(58)52-31(19-65)40(61)51-30(18-53)39(60)46-24(8)35(56)50-29(42(63)64)15-21(3)4/h9-13,20-24,26-31,33,53,65H,14-19,44H2,1-8H3,(H2,43,54)(H,45,57)(H,46,60)(H,47,55)(H,48,59)(H,49,62)(H,50,56)(H,51,61)(H,52,58)(H,63,64)/t23-,24-,26-,27-,28-,29-,30-,31-,33-/m0/s1. The maximum Gasteiger partial charge on any atom is 0.326 e. The smallest absolute Gasteiger partial charge is 0.326 e. The fourth-order valence-corrected chi connectivity index (χ4v) is 6.25. The summed E-state index contributed by atoms with van der Waals surface area (Å²) in [4.78, 5) is 130. The van der Waals surface area contributed by atoms with E-state index in [1.165, 1.54) is 13.8 Å². The number of benzene rings is 1. The summed E-state index contributed by atoms with van der Waals surface area (Å²) in [6.45, 7) is 12.3. The molecule has 1 aromatic rings. The van der Waals surface area contributed by atoms with E-state index >= 15 is 0 Å². The van der Waals surface area contributed by atoms with Gasteiger partial charge in [-0.05, 0) is 50.0 Å². The number of carboxylic acids is 1. The van der Waals surface area contributed by atoms with Gasteiger partial charge in [0.1, 0.15) is 48.3 Å². The molecule has 0 saturated heterocycles. The molecule has 65 heavy (non-hydrogen) atoms. The van der Waals surface area contributed by atoms with Gasteiger partial charge in [0, 0.05) is 12.2 Å². The van der Waals surface area contributed by atoms with Gasteiger partial charge in [0.15, 0.2) is 0 Å². The molecule has 0 saturated carbocycles. The SMILES string of the molecule is CC(C)C[C@H](NC(=O)[C@H](C)NC(=O)[C@H](CO)NC(=O)[C@H](CS)NC(=O)[C@H](Cc1ccccc1)NC(=O)[C@H](CC(N)=O)NC(=O)[C@H](C)NC(=O)[C@H](CC(C)C)NC(=O)[C@@H](N)C(C)C)C(=O)O. The van der Waals surface area contributed by atoms with Crippen molar-refractivity contribution < 1.29 is 58.2 Å². The minimum absolute atomic E-state index is 0.0522. The first kappa shape index (κ1) is 57.2. The number of nitrogens with one attached hydrogen (secondary N) is 8. The number of carbonyl (C=O) groups excluding carboxylic acids is 9. The van der Waals surface area contributed by atoms with Gasteiger partial charge in [-0.2, -0.15) is 12.6 Å². The molecule has 9 atom stereocenters. The molecule has 0 aliphatic heterocycles. The first-order chi connectivity index (χ1) is 30.3. The average Bonchev–Trinajstić information content (AvgIpc) is 3.22. The van der Waals surface area contributed by atoms with Gasteiger partial charge in [-0.15, -0.1) is 0 Å². The van der Waals surface area contributed by atoms with Crippen LogP contribution < -0.4 is 54.0 Å². The maximum absolute atomic E-state index is 13.8. The van der Waals surface area contributed by atoms with Crippen LogP contribution in [-0.2, 0) is 54.4 Å². The lowest BCUT2D eigenvalue weighted by molar-refractivity contribution is -0.142. The summed E-state index contributed by atoms with van der Waals surface area (Å²) in [5.41, 5.74) is 11.9. The molecule has 0 heterocycles. The van der Waals surface area contributed by atoms with Crippen LogP contribution in [0.25, 0.3) is 0 Å². The summed E-state index contributed by atoms with van der Waals surface area (Å²) in [6.07, 6.45) is -0.583. The Labute approximate surface area is 384 Å². The van der Waals surface area contributed by atoms with Crippen LogP contribution in [0.5, 0.6) is 0 Å². The number of hydrogen-bond acceptors (Lipinski definition) is 13. The third-order valence-corrected chi connectivity index (χ3v) is 10.1. The highest BCUT2D eigenvalue weighted by molar-refractivity contribution is 7.80. The van der Waals surface area contributed by atoms with Gasteiger partial charge in [0.05, 0.1) is 19.1 Å². The molecule has 364 valence electrons. The summed E-state index contributed by atoms with van der Waals surface area (Å²) >= 11 is 4.15. The Kier molecular flexibility index (Phi) is 24.8. The fraction of sp³-hybridized carbons (Fsp3) is 0.619. The number of thiol groups is 1. The zero-order valence-electron chi connectivity index (χ0n) is 38.1. The van der Waals surface area contributed by atoms with Gasteiger partial charge in [-0.3, -0.25) is 43.2 Å². The Morgan fingerprint density at radius 1 is 0.538 bits per heavy atom. The van der Waals surface area contributed by atoms with Gasteiger partial charge >= 0.3 is 5.97 Å². The lowest BCUT2D eigenvalue weighted by Gasteiger charge is -2.27. The molecule has 0 aromatic heterocycles. The van der Waals surface area contributed by atoms with Crippen molar-refractivity contribution in [3.05, 3.63) is 35.9 Å². The number of carbonyl (C=O) groups is 10. The zero-order chi connectivity index (χ0) is 49.7. The predicted octanol–water partition coefficient (Wildman–Crippen LogP) is -2.90. The molecule has 0 fully saturated rings. The van der Waals surface area contributed by atoms with E-state index < -0.39 is 127 Å². The minimum atomic E-state index is -1.66. The first-order valence-corrected chi connectivity index (χ1v) is 21.9. The topological polar surface area (TPSA) is 359 Å². The van der Waals surface area contributed by atoms with Crippen LogP contribution >= 0.6 is 12.6 Å². The summed E-state index contributed by atoms with van der Waals surface area (Å²) in [6, 6.07) is -3.71. The van der Waals surface area contributed by atoms with Crippen molar-refractivity contribution in [2.75, 3.05) is 12.4 Å². The van der Waals surface area contributed by atoms with Crippen LogP contribution in [0.1, 0.15) is 80.2 Å². The van der Waals surface area contributed by atoms with E-state index in [-0.39, 0.29) is 42.8 Å². The molecule has 14 N–H and O–H groups in total. The second-order valence-electron chi connectivity index (χ2n) is 16.9. The van der Waals surface area contributed by atoms with Crippen LogP contribution in [0.2, 0.25) is 0 Å². The molecule has 0 bridgehead atoms. The van der Waals surface area contributed by atoms with Gasteiger partial charge in [-0.25, -0.2) is 4.79 Å². The highest BCUT2D eigenvalue weighted by atomic mass is 32.1. The largest absolute Gasteiger partial charge is 0.480 e. The quantitative estimate of drug-likeness (QED) is 0.0376. The highest BCUT2D eigenvalue weighted by Gasteiger charge is 2.34. The normalized spacial score (nSPS) is 15.4. The van der Waals surface area contributed by atoms with Gasteiger partial charge in [-0.1, -0.05) is 71.9 Å². The van der Waals surface area contributed by atoms with E-state index in [2.05, 4.69) is 55.2 Å². The Morgan fingerprint density at radius 3 is 1.40 bits per heavy atom. The van der Waals surface area contributed by atoms with Crippen molar-refractivity contribution in [3.63, 3.8) is 0 Å². The molecule has 23 heteroatoms. The lowest BCUT2D eigenvalue weighted by atomic mass is 10.0. The van der Waals surface area contributed by atoms with Crippen LogP contribution in [-0.4, -0.2) is 136 Å². The number of amides is 9. The fourth-order valence-electron chi connectivity index (χ4n) is 5.99. The van der Waals surface area contributed by atoms with Crippen molar-refractivity contribution in [1.82, 2.24) is 42.5 Å². The Morgan fingerprint density at radius 2 is 0.938 bits per heavy atom. The number of aliphatic hydroxyl groups excluding tert-OH is 1. The summed E-state index contributed by atoms with van der Waals surface area (Å²) in [5, 5.41) is 38.7. The minimum Gasteiger partial charge on any atom is -0.480 e. The third-order valence-electron chi connectivity index (χ3n) is 9.77. The molecular formula is C42H68N10O12S. The Hall–Kier alpha value is -5.81. The molecule has 0 unspecified atom stereocenters. The monoisotopic (exact) mass is 936 g/mol. The number of primary amides is 1. The van der Waals surface area contributed by atoms with E-state index in [0.29, 0.717) is 5.56 Å². The van der Waals surface area contributed by atoms with E-state index in [4.69, 9.17) is 11.5 Å². The second kappa shape index (κ2) is 28.2. The van der Waals surface area contributed by atoms with Crippen LogP contribution in [0.4, 0.5) is 0 Å². The molecule has 0 aliphatic carbocycles. The van der Waals surface area contributed by atoms with Crippen LogP contribution in [0.3, 0.4) is 0 Å². The van der Waals surface area contributed by atoms with Crippen molar-refractivity contribution in [2.45, 2.75) is 135 Å². The van der Waals surface area contributed by atoms with Gasteiger partial charge in [0.25, 0.3) is 0 Å². The van der Waals surface area contributed by atoms with Crippen LogP contribution in [0, 0.1) is 17.8 Å². The molecule has 0 radical (unpaired) electrons. The summed E-state index contributed by atoms with van der Waals surface area (Å²) < 4.78 is 0. The maximum atomic E-state index is 13.8. The number of hydrogen-bond donors (Lipinski definition) is 13. The van der Waals surface area contributed by atoms with Crippen molar-refractivity contribution in [3.8, 4) is 0 Å². The predicted molar refractivity (Wildman–Crippen MR) is 241 cm³/mol. The highest BCUT2D eigenvalue weighted by Crippen LogP contribution is 2.10.